The first-order valence-electron chi connectivity index (χ1n) is 5.94. The fourth-order valence-electron chi connectivity index (χ4n) is 1.79. The fraction of sp³-hybridized carbons (Fsp3) is 0.462. The van der Waals surface area contributed by atoms with Gasteiger partial charge in [-0.25, -0.2) is 0 Å². The highest BCUT2D eigenvalue weighted by Crippen LogP contribution is 2.25. The van der Waals surface area contributed by atoms with Crippen molar-refractivity contribution in [1.29, 1.82) is 0 Å². The van der Waals surface area contributed by atoms with Gasteiger partial charge in [0, 0.05) is 23.9 Å². The molecule has 6 heteroatoms. The first kappa shape index (κ1) is 14.9. The largest absolute Gasteiger partial charge is 0.468 e. The molecule has 104 valence electrons. The van der Waals surface area contributed by atoms with E-state index in [1.54, 1.807) is 11.8 Å². The van der Waals surface area contributed by atoms with Crippen molar-refractivity contribution in [3.8, 4) is 0 Å². The molecule has 1 rings (SSSR count). The SMILES string of the molecule is COC(=O)CN(c1cc(C)cc([N+](=O)[O-])c1)C(C)C. The van der Waals surface area contributed by atoms with Crippen molar-refractivity contribution >= 4 is 17.3 Å². The fourth-order valence-corrected chi connectivity index (χ4v) is 1.79. The Morgan fingerprint density at radius 1 is 1.42 bits per heavy atom. The van der Waals surface area contributed by atoms with Gasteiger partial charge < -0.3 is 9.64 Å². The van der Waals surface area contributed by atoms with Crippen LogP contribution in [0.3, 0.4) is 0 Å². The summed E-state index contributed by atoms with van der Waals surface area (Å²) in [5, 5.41) is 10.9. The third-order valence-corrected chi connectivity index (χ3v) is 2.74. The van der Waals surface area contributed by atoms with Crippen LogP contribution in [0.5, 0.6) is 0 Å². The normalized spacial score (nSPS) is 10.4. The number of benzene rings is 1. The topological polar surface area (TPSA) is 72.7 Å². The lowest BCUT2D eigenvalue weighted by atomic mass is 10.1. The highest BCUT2D eigenvalue weighted by atomic mass is 16.6. The summed E-state index contributed by atoms with van der Waals surface area (Å²) in [5.74, 6) is -0.377. The second-order valence-corrected chi connectivity index (χ2v) is 4.58. The van der Waals surface area contributed by atoms with E-state index in [2.05, 4.69) is 4.74 Å². The van der Waals surface area contributed by atoms with E-state index >= 15 is 0 Å². The van der Waals surface area contributed by atoms with Crippen molar-refractivity contribution in [2.24, 2.45) is 0 Å². The Bertz CT molecular complexity index is 486. The van der Waals surface area contributed by atoms with Crippen molar-refractivity contribution in [3.63, 3.8) is 0 Å². The van der Waals surface area contributed by atoms with Gasteiger partial charge in [-0.1, -0.05) is 0 Å². The average Bonchev–Trinajstić information content (AvgIpc) is 2.34. The molecule has 0 fully saturated rings. The number of ether oxygens (including phenoxy) is 1. The lowest BCUT2D eigenvalue weighted by Crippen LogP contribution is -2.36. The molecule has 1 aromatic rings. The van der Waals surface area contributed by atoms with Crippen LogP contribution in [0.15, 0.2) is 18.2 Å². The van der Waals surface area contributed by atoms with Crippen LogP contribution in [0.25, 0.3) is 0 Å². The zero-order chi connectivity index (χ0) is 14.6. The number of hydrogen-bond donors (Lipinski definition) is 0. The quantitative estimate of drug-likeness (QED) is 0.464. The number of nitrogens with zero attached hydrogens (tertiary/aromatic N) is 2. The second kappa shape index (κ2) is 6.17. The summed E-state index contributed by atoms with van der Waals surface area (Å²) >= 11 is 0. The Morgan fingerprint density at radius 3 is 2.53 bits per heavy atom. The minimum absolute atomic E-state index is 0.0190. The third-order valence-electron chi connectivity index (χ3n) is 2.74. The second-order valence-electron chi connectivity index (χ2n) is 4.58. The molecule has 0 unspecified atom stereocenters. The Labute approximate surface area is 112 Å². The maximum atomic E-state index is 11.4. The van der Waals surface area contributed by atoms with Crippen LogP contribution in [0.4, 0.5) is 11.4 Å². The van der Waals surface area contributed by atoms with Gasteiger partial charge in [0.1, 0.15) is 6.54 Å². The van der Waals surface area contributed by atoms with Crippen LogP contribution in [-0.2, 0) is 9.53 Å². The third kappa shape index (κ3) is 3.94. The minimum Gasteiger partial charge on any atom is -0.468 e. The molecule has 0 atom stereocenters. The predicted octanol–water partition coefficient (Wildman–Crippen LogP) is 2.29. The van der Waals surface area contributed by atoms with Gasteiger partial charge in [0.25, 0.3) is 5.69 Å². The maximum Gasteiger partial charge on any atom is 0.325 e. The number of carbonyl (C=O) groups is 1. The van der Waals surface area contributed by atoms with Crippen molar-refractivity contribution in [2.45, 2.75) is 26.8 Å². The molecule has 0 aliphatic carbocycles. The van der Waals surface area contributed by atoms with Gasteiger partial charge in [-0.05, 0) is 32.4 Å². The van der Waals surface area contributed by atoms with E-state index in [1.165, 1.54) is 19.2 Å². The van der Waals surface area contributed by atoms with Crippen molar-refractivity contribution in [2.75, 3.05) is 18.6 Å². The zero-order valence-electron chi connectivity index (χ0n) is 11.5. The molecule has 6 nitrogen and oxygen atoms in total. The molecule has 0 saturated heterocycles. The number of nitro benzene ring substituents is 1. The molecule has 0 aliphatic rings. The van der Waals surface area contributed by atoms with Crippen LogP contribution in [0.2, 0.25) is 0 Å². The van der Waals surface area contributed by atoms with Crippen LogP contribution in [-0.4, -0.2) is 30.6 Å². The number of esters is 1. The number of hydrogen-bond acceptors (Lipinski definition) is 5. The first-order valence-corrected chi connectivity index (χ1v) is 5.94. The van der Waals surface area contributed by atoms with Crippen molar-refractivity contribution in [1.82, 2.24) is 0 Å². The molecule has 0 N–H and O–H groups in total. The molecule has 0 radical (unpaired) electrons. The van der Waals surface area contributed by atoms with Gasteiger partial charge in [0.15, 0.2) is 0 Å². The number of nitro groups is 1. The summed E-state index contributed by atoms with van der Waals surface area (Å²) in [5.41, 5.74) is 1.44. The maximum absolute atomic E-state index is 11.4. The molecule has 1 aromatic carbocycles. The highest BCUT2D eigenvalue weighted by Gasteiger charge is 2.18. The van der Waals surface area contributed by atoms with Gasteiger partial charge in [-0.2, -0.15) is 0 Å². The average molecular weight is 266 g/mol. The molecule has 0 amide bonds. The standard InChI is InChI=1S/C13H18N2O4/c1-9(2)14(8-13(16)19-4)11-5-10(3)6-12(7-11)15(17)18/h5-7,9H,8H2,1-4H3. The van der Waals surface area contributed by atoms with E-state index in [-0.39, 0.29) is 24.2 Å². The summed E-state index contributed by atoms with van der Waals surface area (Å²) in [6, 6.07) is 4.81. The van der Waals surface area contributed by atoms with E-state index in [0.717, 1.165) is 5.56 Å². The Kier molecular flexibility index (Phi) is 4.86. The van der Waals surface area contributed by atoms with Gasteiger partial charge in [-0.15, -0.1) is 0 Å². The molecule has 0 aliphatic heterocycles. The van der Waals surface area contributed by atoms with Crippen LogP contribution in [0, 0.1) is 17.0 Å². The van der Waals surface area contributed by atoms with Crippen LogP contribution < -0.4 is 4.90 Å². The number of carbonyl (C=O) groups excluding carboxylic acids is 1. The summed E-state index contributed by atoms with van der Waals surface area (Å²) in [7, 11) is 1.32. The van der Waals surface area contributed by atoms with Crippen molar-refractivity contribution < 1.29 is 14.5 Å². The summed E-state index contributed by atoms with van der Waals surface area (Å²) in [6.07, 6.45) is 0. The van der Waals surface area contributed by atoms with Gasteiger partial charge in [0.05, 0.1) is 12.0 Å². The van der Waals surface area contributed by atoms with E-state index in [4.69, 9.17) is 0 Å². The highest BCUT2D eigenvalue weighted by molar-refractivity contribution is 5.76. The summed E-state index contributed by atoms with van der Waals surface area (Å²) in [4.78, 5) is 23.6. The Hall–Kier alpha value is -2.11. The number of methoxy groups -OCH3 is 1. The molecule has 0 saturated carbocycles. The van der Waals surface area contributed by atoms with Gasteiger partial charge in [-0.3, -0.25) is 14.9 Å². The lowest BCUT2D eigenvalue weighted by Gasteiger charge is -2.27. The van der Waals surface area contributed by atoms with Gasteiger partial charge in [0.2, 0.25) is 0 Å². The molecule has 0 bridgehead atoms. The van der Waals surface area contributed by atoms with E-state index in [9.17, 15) is 14.9 Å². The first-order chi connectivity index (χ1) is 8.85. The molecule has 19 heavy (non-hydrogen) atoms. The Balaban J connectivity index is 3.15. The van der Waals surface area contributed by atoms with E-state index in [1.807, 2.05) is 19.9 Å². The van der Waals surface area contributed by atoms with Crippen LogP contribution >= 0.6 is 0 Å². The monoisotopic (exact) mass is 266 g/mol. The molecule has 0 aromatic heterocycles. The van der Waals surface area contributed by atoms with Gasteiger partial charge >= 0.3 is 5.97 Å². The van der Waals surface area contributed by atoms with Crippen molar-refractivity contribution in [3.05, 3.63) is 33.9 Å². The van der Waals surface area contributed by atoms with Crippen LogP contribution in [0.1, 0.15) is 19.4 Å². The van der Waals surface area contributed by atoms with E-state index in [0.29, 0.717) is 5.69 Å². The number of rotatable bonds is 5. The molecule has 0 heterocycles. The predicted molar refractivity (Wildman–Crippen MR) is 72.3 cm³/mol. The zero-order valence-corrected chi connectivity index (χ0v) is 11.5. The smallest absolute Gasteiger partial charge is 0.325 e. The summed E-state index contributed by atoms with van der Waals surface area (Å²) in [6.45, 7) is 5.68. The Morgan fingerprint density at radius 2 is 2.05 bits per heavy atom. The summed E-state index contributed by atoms with van der Waals surface area (Å²) < 4.78 is 4.65. The lowest BCUT2D eigenvalue weighted by molar-refractivity contribution is -0.384. The number of aryl methyl sites for hydroxylation is 1. The number of anilines is 1. The number of non-ortho nitro benzene ring substituents is 1. The minimum atomic E-state index is -0.437. The molecular formula is C13H18N2O4. The molecular weight excluding hydrogens is 248 g/mol. The van der Waals surface area contributed by atoms with E-state index < -0.39 is 4.92 Å². The molecule has 0 spiro atoms.